The predicted molar refractivity (Wildman–Crippen MR) is 143 cm³/mol. The number of fused-ring (bicyclic) bond motifs is 1. The zero-order chi connectivity index (χ0) is 25.1. The minimum Gasteiger partial charge on any atom is -0.493 e. The third-order valence-electron chi connectivity index (χ3n) is 5.55. The van der Waals surface area contributed by atoms with Crippen LogP contribution in [0.4, 0.5) is 4.79 Å². The Morgan fingerprint density at radius 2 is 1.86 bits per heavy atom. The molecule has 35 heavy (non-hydrogen) atoms. The van der Waals surface area contributed by atoms with Gasteiger partial charge in [0.15, 0.2) is 11.5 Å². The molecule has 0 unspecified atom stereocenters. The van der Waals surface area contributed by atoms with Crippen molar-refractivity contribution in [2.75, 3.05) is 14.2 Å². The van der Waals surface area contributed by atoms with E-state index in [9.17, 15) is 14.4 Å². The van der Waals surface area contributed by atoms with Gasteiger partial charge in [0.25, 0.3) is 11.1 Å². The third-order valence-corrected chi connectivity index (χ3v) is 7.24. The van der Waals surface area contributed by atoms with Crippen molar-refractivity contribution in [2.45, 2.75) is 19.6 Å². The number of carbonyl (C=O) groups excluding carboxylic acids is 3. The van der Waals surface area contributed by atoms with Crippen molar-refractivity contribution in [3.63, 3.8) is 0 Å². The summed E-state index contributed by atoms with van der Waals surface area (Å²) in [5.74, 6) is -0.100. The van der Waals surface area contributed by atoms with Crippen LogP contribution in [0.15, 0.2) is 59.5 Å². The van der Waals surface area contributed by atoms with Crippen molar-refractivity contribution in [2.24, 2.45) is 0 Å². The Balaban J connectivity index is 1.58. The molecule has 0 aliphatic carbocycles. The third kappa shape index (κ3) is 5.15. The number of methoxy groups -OCH3 is 2. The largest absolute Gasteiger partial charge is 0.493 e. The molecule has 0 spiro atoms. The molecule has 0 aromatic heterocycles. The first kappa shape index (κ1) is 25.1. The Morgan fingerprint density at radius 3 is 2.60 bits per heavy atom. The fourth-order valence-corrected chi connectivity index (χ4v) is 5.46. The molecule has 1 atom stereocenters. The lowest BCUT2D eigenvalue weighted by Gasteiger charge is -2.18. The molecule has 2 amide bonds. The number of esters is 1. The molecule has 1 fully saturated rings. The second-order valence-electron chi connectivity index (χ2n) is 7.71. The number of hydrogen-bond acceptors (Lipinski definition) is 7. The summed E-state index contributed by atoms with van der Waals surface area (Å²) in [5, 5.41) is 1.74. The van der Waals surface area contributed by atoms with Gasteiger partial charge in [-0.25, -0.2) is 4.79 Å². The number of carbonyl (C=O) groups is 3. The molecule has 0 saturated carbocycles. The molecular weight excluding hydrogens is 581 g/mol. The summed E-state index contributed by atoms with van der Waals surface area (Å²) < 4.78 is 17.2. The SMILES string of the molecule is COC(=O)[C@H](C)N1C(=O)S/C(=C/c2cc(I)c(OCc3cccc4ccccc34)c(OC)c2)C1=O. The number of benzene rings is 3. The molecule has 0 N–H and O–H groups in total. The first-order valence-electron chi connectivity index (χ1n) is 10.7. The Labute approximate surface area is 220 Å². The standard InChI is InChI=1S/C26H22INO6S/c1-15(25(30)33-3)28-24(29)22(35-26(28)31)13-16-11-20(27)23(21(12-16)32-2)34-14-18-9-6-8-17-7-4-5-10-19(17)18/h4-13,15H,14H2,1-3H3/b22-13+/t15-/m0/s1. The average molecular weight is 603 g/mol. The smallest absolute Gasteiger partial charge is 0.328 e. The molecule has 4 rings (SSSR count). The molecule has 1 aliphatic rings. The minimum atomic E-state index is -1.00. The fraction of sp³-hybridized carbons (Fsp3) is 0.192. The Hall–Kier alpha value is -3.05. The summed E-state index contributed by atoms with van der Waals surface area (Å²) in [6.45, 7) is 1.82. The second-order valence-corrected chi connectivity index (χ2v) is 9.87. The van der Waals surface area contributed by atoms with Gasteiger partial charge in [0.2, 0.25) is 0 Å². The first-order valence-corrected chi connectivity index (χ1v) is 12.6. The zero-order valence-corrected chi connectivity index (χ0v) is 22.2. The molecule has 0 bridgehead atoms. The van der Waals surface area contributed by atoms with Crippen LogP contribution in [0.25, 0.3) is 16.8 Å². The molecule has 1 heterocycles. The number of thioether (sulfide) groups is 1. The summed E-state index contributed by atoms with van der Waals surface area (Å²) >= 11 is 2.94. The van der Waals surface area contributed by atoms with Gasteiger partial charge in [-0.05, 0) is 81.4 Å². The van der Waals surface area contributed by atoms with Crippen LogP contribution in [0.3, 0.4) is 0 Å². The topological polar surface area (TPSA) is 82.1 Å². The van der Waals surface area contributed by atoms with E-state index in [0.717, 1.165) is 36.6 Å². The minimum absolute atomic E-state index is 0.216. The lowest BCUT2D eigenvalue weighted by Crippen LogP contribution is -2.42. The van der Waals surface area contributed by atoms with Gasteiger partial charge in [-0.2, -0.15) is 0 Å². The van der Waals surface area contributed by atoms with E-state index >= 15 is 0 Å². The number of rotatable bonds is 7. The van der Waals surface area contributed by atoms with E-state index in [2.05, 4.69) is 45.5 Å². The molecule has 1 saturated heterocycles. The number of imide groups is 1. The summed E-state index contributed by atoms with van der Waals surface area (Å²) in [6.07, 6.45) is 1.61. The molecular formula is C26H22INO6S. The number of amides is 2. The Bertz CT molecular complexity index is 1350. The van der Waals surface area contributed by atoms with Gasteiger partial charge in [-0.1, -0.05) is 42.5 Å². The summed E-state index contributed by atoms with van der Waals surface area (Å²) in [4.78, 5) is 38.1. The maximum atomic E-state index is 12.8. The van der Waals surface area contributed by atoms with Gasteiger partial charge in [0.1, 0.15) is 12.6 Å². The number of halogens is 1. The Morgan fingerprint density at radius 1 is 1.11 bits per heavy atom. The van der Waals surface area contributed by atoms with Crippen LogP contribution in [-0.4, -0.2) is 42.3 Å². The van der Waals surface area contributed by atoms with Crippen LogP contribution in [-0.2, 0) is 20.9 Å². The van der Waals surface area contributed by atoms with Crippen molar-refractivity contribution in [3.8, 4) is 11.5 Å². The molecule has 3 aromatic carbocycles. The number of ether oxygens (including phenoxy) is 3. The number of hydrogen-bond donors (Lipinski definition) is 0. The maximum Gasteiger partial charge on any atom is 0.328 e. The van der Waals surface area contributed by atoms with E-state index in [-0.39, 0.29) is 4.91 Å². The lowest BCUT2D eigenvalue weighted by molar-refractivity contribution is -0.148. The maximum absolute atomic E-state index is 12.8. The van der Waals surface area contributed by atoms with Crippen molar-refractivity contribution >= 4 is 68.3 Å². The number of nitrogens with zero attached hydrogens (tertiary/aromatic N) is 1. The molecule has 9 heteroatoms. The van der Waals surface area contributed by atoms with Gasteiger partial charge in [-0.3, -0.25) is 14.5 Å². The molecule has 7 nitrogen and oxygen atoms in total. The van der Waals surface area contributed by atoms with Crippen molar-refractivity contribution in [1.82, 2.24) is 4.90 Å². The zero-order valence-electron chi connectivity index (χ0n) is 19.2. The average Bonchev–Trinajstić information content (AvgIpc) is 3.14. The molecule has 1 aliphatic heterocycles. The highest BCUT2D eigenvalue weighted by Gasteiger charge is 2.41. The highest BCUT2D eigenvalue weighted by Crippen LogP contribution is 2.38. The van der Waals surface area contributed by atoms with Crippen LogP contribution in [0.2, 0.25) is 0 Å². The summed E-state index contributed by atoms with van der Waals surface area (Å²) in [6, 6.07) is 16.8. The van der Waals surface area contributed by atoms with Crippen molar-refractivity contribution in [3.05, 3.63) is 74.2 Å². The molecule has 3 aromatic rings. The monoisotopic (exact) mass is 603 g/mol. The molecule has 0 radical (unpaired) electrons. The summed E-state index contributed by atoms with van der Waals surface area (Å²) in [7, 11) is 2.76. The van der Waals surface area contributed by atoms with Crippen LogP contribution < -0.4 is 9.47 Å². The van der Waals surface area contributed by atoms with Crippen molar-refractivity contribution < 1.29 is 28.6 Å². The second kappa shape index (κ2) is 10.7. The van der Waals surface area contributed by atoms with E-state index in [4.69, 9.17) is 9.47 Å². The van der Waals surface area contributed by atoms with Gasteiger partial charge in [0.05, 0.1) is 22.7 Å². The Kier molecular flexibility index (Phi) is 7.66. The van der Waals surface area contributed by atoms with E-state index in [0.29, 0.717) is 23.7 Å². The highest BCUT2D eigenvalue weighted by molar-refractivity contribution is 14.1. The van der Waals surface area contributed by atoms with Gasteiger partial charge in [0, 0.05) is 0 Å². The van der Waals surface area contributed by atoms with E-state index in [1.165, 1.54) is 14.0 Å². The quantitative estimate of drug-likeness (QED) is 0.197. The lowest BCUT2D eigenvalue weighted by atomic mass is 10.1. The van der Waals surface area contributed by atoms with E-state index in [1.807, 2.05) is 30.3 Å². The summed E-state index contributed by atoms with van der Waals surface area (Å²) in [5.41, 5.74) is 1.72. The highest BCUT2D eigenvalue weighted by atomic mass is 127. The normalized spacial score (nSPS) is 15.5. The van der Waals surface area contributed by atoms with Gasteiger partial charge in [-0.15, -0.1) is 0 Å². The molecule has 180 valence electrons. The van der Waals surface area contributed by atoms with Gasteiger partial charge < -0.3 is 14.2 Å². The van der Waals surface area contributed by atoms with Crippen molar-refractivity contribution in [1.29, 1.82) is 0 Å². The van der Waals surface area contributed by atoms with Gasteiger partial charge >= 0.3 is 5.97 Å². The van der Waals surface area contributed by atoms with Crippen LogP contribution in [0.1, 0.15) is 18.1 Å². The predicted octanol–water partition coefficient (Wildman–Crippen LogP) is 5.63. The van der Waals surface area contributed by atoms with Crippen LogP contribution in [0.5, 0.6) is 11.5 Å². The van der Waals surface area contributed by atoms with Crippen LogP contribution >= 0.6 is 34.4 Å². The van der Waals surface area contributed by atoms with Crippen LogP contribution in [0, 0.1) is 3.57 Å². The van der Waals surface area contributed by atoms with E-state index < -0.39 is 23.2 Å². The fourth-order valence-electron chi connectivity index (χ4n) is 3.77. The first-order chi connectivity index (χ1) is 16.8. The van der Waals surface area contributed by atoms with E-state index in [1.54, 1.807) is 19.3 Å².